The Bertz CT molecular complexity index is 2030. The summed E-state index contributed by atoms with van der Waals surface area (Å²) in [6, 6.07) is 11.3. The van der Waals surface area contributed by atoms with Crippen LogP contribution in [0.25, 0.3) is 5.52 Å². The molecule has 0 saturated carbocycles. The lowest BCUT2D eigenvalue weighted by molar-refractivity contribution is -0.204. The van der Waals surface area contributed by atoms with Gasteiger partial charge in [-0.15, -0.1) is 0 Å². The number of nitrogen functional groups attached to an aromatic ring is 1. The predicted molar refractivity (Wildman–Crippen MR) is 219 cm³/mol. The lowest BCUT2D eigenvalue weighted by Gasteiger charge is -2.29. The van der Waals surface area contributed by atoms with E-state index in [-0.39, 0.29) is 31.0 Å². The van der Waals surface area contributed by atoms with Crippen molar-refractivity contribution in [2.45, 2.75) is 172 Å². The number of fused-ring (bicyclic) bond motifs is 2. The summed E-state index contributed by atoms with van der Waals surface area (Å²) in [4.78, 5) is 14.9. The zero-order chi connectivity index (χ0) is 44.8. The molecule has 342 valence electrons. The Morgan fingerprint density at radius 3 is 2.16 bits per heavy atom. The van der Waals surface area contributed by atoms with Crippen molar-refractivity contribution in [3.8, 4) is 12.1 Å². The van der Waals surface area contributed by atoms with E-state index in [0.717, 1.165) is 89.5 Å². The normalized spacial score (nSPS) is 22.3. The topological polar surface area (TPSA) is 196 Å². The molecular weight excluding hydrogens is 835 g/mol. The predicted octanol–water partition coefficient (Wildman–Crippen LogP) is 10.1. The first-order valence-electron chi connectivity index (χ1n) is 21.6. The van der Waals surface area contributed by atoms with Gasteiger partial charge in [0, 0.05) is 6.42 Å². The third kappa shape index (κ3) is 14.7. The Hall–Kier alpha value is -3.71. The average molecular weight is 895 g/mol. The van der Waals surface area contributed by atoms with E-state index in [4.69, 9.17) is 33.7 Å². The van der Waals surface area contributed by atoms with Gasteiger partial charge < -0.3 is 29.6 Å². The molecule has 3 aromatic rings. The van der Waals surface area contributed by atoms with Gasteiger partial charge in [-0.25, -0.2) is 18.5 Å². The molecule has 62 heavy (non-hydrogen) atoms. The number of benzene rings is 1. The Balaban J connectivity index is 1.08. The molecule has 19 heteroatoms. The minimum absolute atomic E-state index is 0.0764. The van der Waals surface area contributed by atoms with Crippen LogP contribution in [0.4, 0.5) is 23.4 Å². The highest BCUT2D eigenvalue weighted by Crippen LogP contribution is 2.52. The molecular formula is C43H59F4N6O8P. The van der Waals surface area contributed by atoms with E-state index >= 15 is 0 Å². The van der Waals surface area contributed by atoms with E-state index < -0.39 is 68.6 Å². The Kier molecular flexibility index (Phi) is 18.1. The fourth-order valence-electron chi connectivity index (χ4n) is 8.00. The van der Waals surface area contributed by atoms with Gasteiger partial charge >= 0.3 is 14.0 Å². The number of nitrogens with two attached hydrogens (primary N) is 1. The first-order valence-corrected chi connectivity index (χ1v) is 23.1. The number of ether oxygens (including phenoxy) is 4. The lowest BCUT2D eigenvalue weighted by atomic mass is 9.96. The van der Waals surface area contributed by atoms with Crippen LogP contribution in [0.5, 0.6) is 0 Å². The van der Waals surface area contributed by atoms with Crippen LogP contribution >= 0.6 is 7.82 Å². The summed E-state index contributed by atoms with van der Waals surface area (Å²) in [7, 11) is -4.83. The fraction of sp³-hybridized carbons (Fsp3) is 0.674. The van der Waals surface area contributed by atoms with Gasteiger partial charge in [0.2, 0.25) is 5.60 Å². The summed E-state index contributed by atoms with van der Waals surface area (Å²) in [5.41, 5.74) is 5.69. The van der Waals surface area contributed by atoms with Crippen molar-refractivity contribution in [2.24, 2.45) is 0 Å². The maximum Gasteiger partial charge on any atom is 0.472 e. The summed E-state index contributed by atoms with van der Waals surface area (Å²) in [5, 5.41) is 24.1. The Labute approximate surface area is 360 Å². The molecule has 2 aromatic heterocycles. The van der Waals surface area contributed by atoms with Crippen LogP contribution < -0.4 is 5.73 Å². The number of alkyl halides is 3. The van der Waals surface area contributed by atoms with Crippen LogP contribution in [-0.2, 0) is 39.2 Å². The van der Waals surface area contributed by atoms with Gasteiger partial charge in [-0.3, -0.25) is 9.05 Å². The zero-order valence-electron chi connectivity index (χ0n) is 35.5. The third-order valence-corrected chi connectivity index (χ3v) is 12.1. The quantitative estimate of drug-likeness (QED) is 0.0417. The number of anilines is 1. The maximum absolute atomic E-state index is 14.2. The number of phosphoric acid groups is 1. The van der Waals surface area contributed by atoms with Crippen LogP contribution in [0.1, 0.15) is 146 Å². The molecule has 1 unspecified atom stereocenters. The monoisotopic (exact) mass is 894 g/mol. The van der Waals surface area contributed by atoms with Crippen LogP contribution in [-0.4, -0.2) is 68.6 Å². The minimum Gasteiger partial charge on any atom is -0.382 e. The summed E-state index contributed by atoms with van der Waals surface area (Å²) < 4.78 is 101. The Morgan fingerprint density at radius 1 is 0.919 bits per heavy atom. The van der Waals surface area contributed by atoms with Gasteiger partial charge in [0.1, 0.15) is 48.6 Å². The molecule has 2 saturated heterocycles. The summed E-state index contributed by atoms with van der Waals surface area (Å²) in [6.07, 6.45) is 7.73. The molecule has 0 amide bonds. The number of aromatic nitrogens is 3. The number of hydrogen-bond donors (Lipinski definition) is 2. The van der Waals surface area contributed by atoms with Gasteiger partial charge in [0.25, 0.3) is 0 Å². The number of nitrogens with zero attached hydrogens (tertiary/aromatic N) is 5. The van der Waals surface area contributed by atoms with Crippen LogP contribution in [0.2, 0.25) is 0 Å². The largest absolute Gasteiger partial charge is 0.472 e. The number of halogens is 4. The van der Waals surface area contributed by atoms with Crippen molar-refractivity contribution in [1.29, 1.82) is 10.5 Å². The molecule has 2 aliphatic rings. The maximum atomic E-state index is 14.2. The second-order valence-corrected chi connectivity index (χ2v) is 18.1. The number of nitriles is 2. The van der Waals surface area contributed by atoms with Gasteiger partial charge in [-0.1, -0.05) is 89.9 Å². The molecule has 4 heterocycles. The van der Waals surface area contributed by atoms with Gasteiger partial charge in [-0.05, 0) is 62.6 Å². The van der Waals surface area contributed by atoms with Crippen LogP contribution in [0.3, 0.4) is 0 Å². The van der Waals surface area contributed by atoms with E-state index in [1.165, 1.54) is 23.0 Å². The third-order valence-electron chi connectivity index (χ3n) is 11.1. The van der Waals surface area contributed by atoms with Crippen molar-refractivity contribution in [2.75, 3.05) is 18.9 Å². The number of rotatable bonds is 27. The highest BCUT2D eigenvalue weighted by atomic mass is 31.2. The van der Waals surface area contributed by atoms with Crippen molar-refractivity contribution < 1.29 is 55.0 Å². The molecule has 3 N–H and O–H groups in total. The Morgan fingerprint density at radius 2 is 1.55 bits per heavy atom. The smallest absolute Gasteiger partial charge is 0.382 e. The molecule has 5 rings (SSSR count). The van der Waals surface area contributed by atoms with Gasteiger partial charge in [-0.2, -0.15) is 28.8 Å². The zero-order valence-corrected chi connectivity index (χ0v) is 36.4. The molecule has 0 aliphatic carbocycles. The number of phosphoric ester groups is 1. The highest BCUT2D eigenvalue weighted by molar-refractivity contribution is 7.47. The van der Waals surface area contributed by atoms with Crippen molar-refractivity contribution in [3.05, 3.63) is 59.3 Å². The number of unbranched alkanes of at least 4 members (excludes halogenated alkanes) is 14. The fourth-order valence-corrected chi connectivity index (χ4v) is 8.79. The second-order valence-electron chi connectivity index (χ2n) is 16.6. The summed E-state index contributed by atoms with van der Waals surface area (Å²) in [5.74, 6) is -1.49. The van der Waals surface area contributed by atoms with Crippen molar-refractivity contribution in [3.63, 3.8) is 0 Å². The minimum atomic E-state index is -4.83. The van der Waals surface area contributed by atoms with Crippen LogP contribution in [0, 0.1) is 28.5 Å². The van der Waals surface area contributed by atoms with Crippen LogP contribution in [0.15, 0.2) is 36.7 Å². The first kappa shape index (κ1) is 49.3. The average Bonchev–Trinajstić information content (AvgIpc) is 3.88. The molecule has 0 radical (unpaired) electrons. The van der Waals surface area contributed by atoms with Crippen molar-refractivity contribution in [1.82, 2.24) is 14.6 Å². The van der Waals surface area contributed by atoms with E-state index in [1.807, 2.05) is 6.07 Å². The molecule has 2 aliphatic heterocycles. The highest BCUT2D eigenvalue weighted by Gasteiger charge is 2.65. The van der Waals surface area contributed by atoms with Crippen molar-refractivity contribution >= 4 is 19.2 Å². The summed E-state index contributed by atoms with van der Waals surface area (Å²) >= 11 is 0. The molecule has 1 aromatic carbocycles. The molecule has 0 spiro atoms. The standard InChI is InChI=1S/C43H59F4N6O8P/c1-41(2)59-38-37(35-19-20-36-40(50)51-30-52-53(35)36)60-42(28-49,39(38)61-41)29-58-62(54,55)57-27-34(56-26-32-22-31(25-48)23-33(44)24-32)18-16-14-12-10-8-6-4-3-5-7-9-11-13-15-17-21-43(45,46)47/h19-20,22-24,30,34,37-39H,3-18,21,26-27,29H2,1-2H3,(H,54,55)(H2,50,51,52)/t34-,37-,38-,39-,42+/m0/s1. The van der Waals surface area contributed by atoms with Gasteiger partial charge in [0.05, 0.1) is 36.6 Å². The molecule has 0 bridgehead atoms. The first-order chi connectivity index (χ1) is 29.5. The van der Waals surface area contributed by atoms with E-state index in [1.54, 1.807) is 26.0 Å². The van der Waals surface area contributed by atoms with E-state index in [0.29, 0.717) is 29.6 Å². The van der Waals surface area contributed by atoms with Gasteiger partial charge in [0.15, 0.2) is 11.6 Å². The van der Waals surface area contributed by atoms with E-state index in [2.05, 4.69) is 16.2 Å². The molecule has 14 nitrogen and oxygen atoms in total. The number of hydrogen-bond acceptors (Lipinski definition) is 12. The van der Waals surface area contributed by atoms with E-state index in [9.17, 15) is 37.5 Å². The summed E-state index contributed by atoms with van der Waals surface area (Å²) in [6.45, 7) is 2.22. The lowest BCUT2D eigenvalue weighted by Crippen LogP contribution is -2.45. The molecule has 2 fully saturated rings. The molecule has 6 atom stereocenters. The SMILES string of the molecule is CC1(C)O[C@H]2[C@H](c3ccc4c(N)ncnn34)O[C@](C#N)(COP(=O)(O)OC[C@H](CCCCCCCCCCCCCCCCCC(F)(F)F)OCc3cc(F)cc(C#N)c3)[C@H]2O1. The second kappa shape index (κ2) is 22.8.